The van der Waals surface area contributed by atoms with Gasteiger partial charge in [0.2, 0.25) is 0 Å². The number of hydrogen-bond donors (Lipinski definition) is 3. The van der Waals surface area contributed by atoms with Crippen LogP contribution in [0.15, 0.2) is 84.4 Å². The highest BCUT2D eigenvalue weighted by atomic mass is 16.5. The van der Waals surface area contributed by atoms with Gasteiger partial charge in [-0.3, -0.25) is 4.79 Å². The van der Waals surface area contributed by atoms with Crippen molar-refractivity contribution >= 4 is 11.8 Å². The number of amides is 2. The summed E-state index contributed by atoms with van der Waals surface area (Å²) in [6.07, 6.45) is 8.04. The molecule has 3 aromatic rings. The second kappa shape index (κ2) is 15.9. The SMILES string of the molecule is CC1=CCCC2(C)C(CCC2(O)CN(CC2CCCO2)C(=O)NC(C)C)c2ccc(cc2C(=O)c2ccccc2-c2ccccc2)CC(O)CC1. The molecule has 3 N–H and O–H groups in total. The zero-order chi connectivity index (χ0) is 36.2. The molecule has 7 heteroatoms. The lowest BCUT2D eigenvalue weighted by atomic mass is 9.64. The van der Waals surface area contributed by atoms with Crippen molar-refractivity contribution in [2.24, 2.45) is 5.41 Å². The molecule has 272 valence electrons. The highest BCUT2D eigenvalue weighted by Crippen LogP contribution is 2.59. The number of allylic oxidation sites excluding steroid dienone is 2. The molecule has 2 fully saturated rings. The van der Waals surface area contributed by atoms with Gasteiger partial charge in [-0.05, 0) is 113 Å². The van der Waals surface area contributed by atoms with E-state index < -0.39 is 17.1 Å². The number of carbonyl (C=O) groups excluding carboxylic acids is 2. The molecule has 0 spiro atoms. The van der Waals surface area contributed by atoms with Crippen molar-refractivity contribution in [1.29, 1.82) is 0 Å². The van der Waals surface area contributed by atoms with Gasteiger partial charge in [-0.2, -0.15) is 0 Å². The third kappa shape index (κ3) is 8.16. The first-order valence-electron chi connectivity index (χ1n) is 19.0. The summed E-state index contributed by atoms with van der Waals surface area (Å²) in [6, 6.07) is 23.7. The average Bonchev–Trinajstić information content (AvgIpc) is 3.72. The molecule has 3 aliphatic carbocycles. The van der Waals surface area contributed by atoms with Gasteiger partial charge in [-0.1, -0.05) is 85.3 Å². The van der Waals surface area contributed by atoms with Crippen molar-refractivity contribution in [1.82, 2.24) is 10.2 Å². The van der Waals surface area contributed by atoms with Crippen molar-refractivity contribution in [3.63, 3.8) is 0 Å². The molecule has 5 unspecified atom stereocenters. The molecule has 0 radical (unpaired) electrons. The van der Waals surface area contributed by atoms with E-state index >= 15 is 0 Å². The highest BCUT2D eigenvalue weighted by Gasteiger charge is 2.58. The molecule has 7 rings (SSSR count). The fourth-order valence-corrected chi connectivity index (χ4v) is 8.80. The van der Waals surface area contributed by atoms with E-state index in [2.05, 4.69) is 37.4 Å². The van der Waals surface area contributed by atoms with Gasteiger partial charge in [0, 0.05) is 35.7 Å². The first kappa shape index (κ1) is 37.0. The number of ketones is 1. The van der Waals surface area contributed by atoms with Crippen LogP contribution in [0.4, 0.5) is 4.79 Å². The van der Waals surface area contributed by atoms with Crippen molar-refractivity contribution in [3.8, 4) is 11.1 Å². The average molecular weight is 693 g/mol. The summed E-state index contributed by atoms with van der Waals surface area (Å²) >= 11 is 0. The molecule has 1 heterocycles. The first-order chi connectivity index (χ1) is 24.5. The maximum atomic E-state index is 14.9. The van der Waals surface area contributed by atoms with Crippen LogP contribution < -0.4 is 5.32 Å². The van der Waals surface area contributed by atoms with Crippen LogP contribution in [0.2, 0.25) is 0 Å². The third-order valence-corrected chi connectivity index (χ3v) is 11.8. The fraction of sp³-hybridized carbons (Fsp3) is 0.500. The van der Waals surface area contributed by atoms with Gasteiger partial charge in [0.05, 0.1) is 24.4 Å². The maximum absolute atomic E-state index is 14.9. The van der Waals surface area contributed by atoms with E-state index in [-0.39, 0.29) is 36.4 Å². The summed E-state index contributed by atoms with van der Waals surface area (Å²) in [4.78, 5) is 30.4. The molecule has 2 amide bonds. The number of fused-ring (bicyclic) bond motifs is 8. The number of hydrogen-bond acceptors (Lipinski definition) is 5. The van der Waals surface area contributed by atoms with Gasteiger partial charge >= 0.3 is 6.03 Å². The van der Waals surface area contributed by atoms with Crippen LogP contribution in [0.1, 0.15) is 112 Å². The number of aliphatic hydroxyl groups is 2. The Bertz CT molecular complexity index is 1710. The van der Waals surface area contributed by atoms with E-state index in [0.717, 1.165) is 47.9 Å². The standard InChI is InChI=1S/C44H56N2O5/c1-30(2)45-42(49)46(28-35-15-11-25-51-35)29-44(50)24-22-40-37-21-19-32(26-34(47)20-18-31(3)12-10-23-43(40,44)4)27-39(37)41(48)38-17-9-8-16-36(38)33-13-6-5-7-14-33/h5-9,12-14,16-17,19,21,27,30,34-35,40,47,50H,10-11,15,18,20,22-26,28-29H2,1-4H3,(H,45,49). The topological polar surface area (TPSA) is 99.1 Å². The molecule has 7 nitrogen and oxygen atoms in total. The van der Waals surface area contributed by atoms with Crippen molar-refractivity contribution < 1.29 is 24.5 Å². The molecular formula is C44H56N2O5. The summed E-state index contributed by atoms with van der Waals surface area (Å²) in [5, 5.41) is 27.1. The highest BCUT2D eigenvalue weighted by molar-refractivity contribution is 6.13. The van der Waals surface area contributed by atoms with Crippen LogP contribution in [0.25, 0.3) is 11.1 Å². The number of ether oxygens (including phenoxy) is 1. The van der Waals surface area contributed by atoms with E-state index in [9.17, 15) is 19.8 Å². The molecule has 51 heavy (non-hydrogen) atoms. The summed E-state index contributed by atoms with van der Waals surface area (Å²) in [5.41, 5.74) is 4.32. The van der Waals surface area contributed by atoms with Crippen LogP contribution >= 0.6 is 0 Å². The van der Waals surface area contributed by atoms with Crippen molar-refractivity contribution in [2.75, 3.05) is 19.7 Å². The van der Waals surface area contributed by atoms with Gasteiger partial charge in [0.1, 0.15) is 0 Å². The normalized spacial score (nSPS) is 26.7. The second-order valence-corrected chi connectivity index (χ2v) is 15.8. The Labute approximate surface area is 304 Å². The zero-order valence-corrected chi connectivity index (χ0v) is 30.9. The number of urea groups is 1. The second-order valence-electron chi connectivity index (χ2n) is 15.8. The number of benzene rings is 3. The Morgan fingerprint density at radius 3 is 2.49 bits per heavy atom. The molecule has 1 saturated carbocycles. The number of nitrogens with one attached hydrogen (secondary N) is 1. The van der Waals surface area contributed by atoms with Crippen LogP contribution in [0.3, 0.4) is 0 Å². The molecule has 2 bridgehead atoms. The Hall–Kier alpha value is -3.78. The van der Waals surface area contributed by atoms with Crippen LogP contribution in [-0.4, -0.2) is 70.5 Å². The monoisotopic (exact) mass is 692 g/mol. The lowest BCUT2D eigenvalue weighted by Gasteiger charge is -2.46. The summed E-state index contributed by atoms with van der Waals surface area (Å²) < 4.78 is 5.98. The fourth-order valence-electron chi connectivity index (χ4n) is 8.80. The smallest absolute Gasteiger partial charge is 0.317 e. The number of carbonyl (C=O) groups is 2. The predicted molar refractivity (Wildman–Crippen MR) is 203 cm³/mol. The van der Waals surface area contributed by atoms with Crippen molar-refractivity contribution in [2.45, 2.75) is 115 Å². The minimum atomic E-state index is -1.21. The molecule has 1 saturated heterocycles. The van der Waals surface area contributed by atoms with Gasteiger partial charge in [0.15, 0.2) is 5.78 Å². The quantitative estimate of drug-likeness (QED) is 0.163. The molecule has 3 aromatic carbocycles. The zero-order valence-electron chi connectivity index (χ0n) is 30.9. The minimum absolute atomic E-state index is 0.0436. The van der Waals surface area contributed by atoms with Crippen LogP contribution in [-0.2, 0) is 11.2 Å². The lowest BCUT2D eigenvalue weighted by Crippen LogP contribution is -2.57. The van der Waals surface area contributed by atoms with Crippen LogP contribution in [0, 0.1) is 5.41 Å². The summed E-state index contributed by atoms with van der Waals surface area (Å²) in [5.74, 6) is -0.198. The van der Waals surface area contributed by atoms with Gasteiger partial charge in [-0.15, -0.1) is 0 Å². The Morgan fingerprint density at radius 2 is 1.75 bits per heavy atom. The lowest BCUT2D eigenvalue weighted by molar-refractivity contribution is -0.0808. The van der Waals surface area contributed by atoms with E-state index in [0.29, 0.717) is 56.4 Å². The van der Waals surface area contributed by atoms with Crippen molar-refractivity contribution in [3.05, 3.63) is 107 Å². The van der Waals surface area contributed by atoms with Gasteiger partial charge < -0.3 is 25.2 Å². The minimum Gasteiger partial charge on any atom is -0.393 e. The molecule has 4 aliphatic rings. The first-order valence-corrected chi connectivity index (χ1v) is 19.0. The Balaban J connectivity index is 1.44. The summed E-state index contributed by atoms with van der Waals surface area (Å²) in [7, 11) is 0. The predicted octanol–water partition coefficient (Wildman–Crippen LogP) is 8.22. The van der Waals surface area contributed by atoms with E-state index in [4.69, 9.17) is 4.74 Å². The largest absolute Gasteiger partial charge is 0.393 e. The molecule has 0 aromatic heterocycles. The van der Waals surface area contributed by atoms with Gasteiger partial charge in [0.25, 0.3) is 0 Å². The molecule has 5 atom stereocenters. The van der Waals surface area contributed by atoms with E-state index in [1.54, 1.807) is 4.90 Å². The maximum Gasteiger partial charge on any atom is 0.317 e. The molecule has 1 aliphatic heterocycles. The van der Waals surface area contributed by atoms with Gasteiger partial charge in [-0.25, -0.2) is 4.79 Å². The third-order valence-electron chi connectivity index (χ3n) is 11.8. The van der Waals surface area contributed by atoms with E-state index in [1.165, 1.54) is 5.57 Å². The van der Waals surface area contributed by atoms with E-state index in [1.807, 2.05) is 74.5 Å². The number of rotatable bonds is 8. The van der Waals surface area contributed by atoms with Crippen LogP contribution in [0.5, 0.6) is 0 Å². The Morgan fingerprint density at radius 1 is 0.980 bits per heavy atom. The Kier molecular flexibility index (Phi) is 11.5. The number of aliphatic hydroxyl groups excluding tert-OH is 1. The molecular weight excluding hydrogens is 636 g/mol. The number of nitrogens with zero attached hydrogens (tertiary/aromatic N) is 1. The summed E-state index contributed by atoms with van der Waals surface area (Å²) in [6.45, 7) is 9.50.